The van der Waals surface area contributed by atoms with Gasteiger partial charge in [0.2, 0.25) is 0 Å². The van der Waals surface area contributed by atoms with Crippen LogP contribution in [0.3, 0.4) is 0 Å². The Labute approximate surface area is 62.9 Å². The van der Waals surface area contributed by atoms with Crippen molar-refractivity contribution in [3.05, 3.63) is 36.0 Å². The lowest BCUT2D eigenvalue weighted by Crippen LogP contribution is -2.02. The summed E-state index contributed by atoms with van der Waals surface area (Å²) in [5.41, 5.74) is 7.78. The highest BCUT2D eigenvalue weighted by Gasteiger charge is 1.90. The van der Waals surface area contributed by atoms with E-state index >= 15 is 0 Å². The van der Waals surface area contributed by atoms with Gasteiger partial charge in [0.25, 0.3) is 0 Å². The van der Waals surface area contributed by atoms with Gasteiger partial charge in [0.1, 0.15) is 0 Å². The molecule has 0 aliphatic rings. The molecule has 10 heavy (non-hydrogen) atoms. The van der Waals surface area contributed by atoms with Gasteiger partial charge >= 0.3 is 0 Å². The average Bonchev–Trinajstić information content (AvgIpc) is 1.99. The van der Waals surface area contributed by atoms with E-state index in [9.17, 15) is 0 Å². The number of nitrogens with two attached hydrogens (primary N) is 1. The van der Waals surface area contributed by atoms with Crippen molar-refractivity contribution < 1.29 is 0 Å². The van der Waals surface area contributed by atoms with Gasteiger partial charge < -0.3 is 5.73 Å². The molecular weight excluding hydrogens is 122 g/mol. The average molecular weight is 137 g/mol. The van der Waals surface area contributed by atoms with Crippen LogP contribution in [0.2, 0.25) is 0 Å². The van der Waals surface area contributed by atoms with Crippen LogP contribution in [0.4, 0.5) is 0 Å². The molecule has 0 spiro atoms. The molecule has 0 aromatic carbocycles. The van der Waals surface area contributed by atoms with E-state index in [1.165, 1.54) is 0 Å². The van der Waals surface area contributed by atoms with Crippen molar-refractivity contribution >= 4 is 0 Å². The maximum absolute atomic E-state index is 5.48. The first kappa shape index (κ1) is 9.18. The van der Waals surface area contributed by atoms with E-state index in [2.05, 4.69) is 6.58 Å². The molecule has 1 nitrogen and oxygen atoms in total. The van der Waals surface area contributed by atoms with Gasteiger partial charge in [-0.05, 0) is 25.0 Å². The molecule has 56 valence electrons. The summed E-state index contributed by atoms with van der Waals surface area (Å²) in [6, 6.07) is 0. The summed E-state index contributed by atoms with van der Waals surface area (Å²) < 4.78 is 0. The Kier molecular flexibility index (Phi) is 4.59. The molecule has 0 rings (SSSR count). The van der Waals surface area contributed by atoms with Gasteiger partial charge in [0, 0.05) is 6.54 Å². The Morgan fingerprint density at radius 3 is 2.50 bits per heavy atom. The zero-order chi connectivity index (χ0) is 7.98. The molecule has 0 fully saturated rings. The van der Waals surface area contributed by atoms with E-state index < -0.39 is 0 Å². The highest BCUT2D eigenvalue weighted by Crippen LogP contribution is 2.04. The van der Waals surface area contributed by atoms with Crippen LogP contribution in [-0.2, 0) is 0 Å². The molecule has 0 radical (unpaired) electrons. The predicted molar refractivity (Wildman–Crippen MR) is 46.8 cm³/mol. The van der Waals surface area contributed by atoms with E-state index in [-0.39, 0.29) is 0 Å². The van der Waals surface area contributed by atoms with Gasteiger partial charge in [-0.25, -0.2) is 0 Å². The van der Waals surface area contributed by atoms with Crippen molar-refractivity contribution in [3.63, 3.8) is 0 Å². The molecule has 0 aromatic heterocycles. The van der Waals surface area contributed by atoms with Gasteiger partial charge in [-0.15, -0.1) is 0 Å². The lowest BCUT2D eigenvalue weighted by atomic mass is 10.1. The van der Waals surface area contributed by atoms with Crippen molar-refractivity contribution in [1.29, 1.82) is 0 Å². The smallest absolute Gasteiger partial charge is 0.0180 e. The van der Waals surface area contributed by atoms with Crippen LogP contribution >= 0.6 is 0 Å². The predicted octanol–water partition coefficient (Wildman–Crippen LogP) is 2.02. The van der Waals surface area contributed by atoms with Crippen LogP contribution in [0.5, 0.6) is 0 Å². The third-order valence-corrected chi connectivity index (χ3v) is 1.40. The molecular formula is C9H15N. The fourth-order valence-corrected chi connectivity index (χ4v) is 0.693. The first-order valence-electron chi connectivity index (χ1n) is 3.41. The summed E-state index contributed by atoms with van der Waals surface area (Å²) in [5.74, 6) is 0. The maximum Gasteiger partial charge on any atom is 0.0180 e. The van der Waals surface area contributed by atoms with Crippen LogP contribution in [0.25, 0.3) is 0 Å². The third-order valence-electron chi connectivity index (χ3n) is 1.40. The lowest BCUT2D eigenvalue weighted by molar-refractivity contribution is 1.16. The second kappa shape index (κ2) is 5.00. The van der Waals surface area contributed by atoms with Gasteiger partial charge in [-0.2, -0.15) is 0 Å². The van der Waals surface area contributed by atoms with Crippen LogP contribution < -0.4 is 5.73 Å². The van der Waals surface area contributed by atoms with Gasteiger partial charge in [-0.1, -0.05) is 24.8 Å². The summed E-state index contributed by atoms with van der Waals surface area (Å²) in [5, 5.41) is 0. The monoisotopic (exact) mass is 137 g/mol. The van der Waals surface area contributed by atoms with E-state index in [1.54, 1.807) is 0 Å². The number of rotatable bonds is 3. The molecule has 0 aromatic rings. The van der Waals surface area contributed by atoms with E-state index in [1.807, 2.05) is 32.1 Å². The zero-order valence-corrected chi connectivity index (χ0v) is 6.72. The fourth-order valence-electron chi connectivity index (χ4n) is 0.693. The largest absolute Gasteiger partial charge is 0.326 e. The molecule has 0 bridgehead atoms. The minimum atomic E-state index is 0.586. The van der Waals surface area contributed by atoms with Crippen molar-refractivity contribution in [2.75, 3.05) is 6.54 Å². The third kappa shape index (κ3) is 2.65. The summed E-state index contributed by atoms with van der Waals surface area (Å²) in [7, 11) is 0. The summed E-state index contributed by atoms with van der Waals surface area (Å²) in [6.45, 7) is 8.24. The Hall–Kier alpha value is -0.820. The summed E-state index contributed by atoms with van der Waals surface area (Å²) in [4.78, 5) is 0. The molecule has 0 atom stereocenters. The maximum atomic E-state index is 5.48. The Morgan fingerprint density at radius 2 is 2.20 bits per heavy atom. The van der Waals surface area contributed by atoms with Gasteiger partial charge in [-0.3, -0.25) is 0 Å². The topological polar surface area (TPSA) is 26.0 Å². The van der Waals surface area contributed by atoms with Crippen LogP contribution in [0, 0.1) is 0 Å². The van der Waals surface area contributed by atoms with Crippen molar-refractivity contribution in [2.24, 2.45) is 5.73 Å². The summed E-state index contributed by atoms with van der Waals surface area (Å²) in [6.07, 6.45) is 5.81. The van der Waals surface area contributed by atoms with Crippen molar-refractivity contribution in [2.45, 2.75) is 13.8 Å². The number of hydrogen-bond donors (Lipinski definition) is 1. The van der Waals surface area contributed by atoms with E-state index in [4.69, 9.17) is 5.73 Å². The first-order valence-corrected chi connectivity index (χ1v) is 3.41. The minimum Gasteiger partial charge on any atom is -0.326 e. The molecule has 0 amide bonds. The van der Waals surface area contributed by atoms with Crippen LogP contribution in [-0.4, -0.2) is 6.54 Å². The first-order chi connectivity index (χ1) is 4.76. The van der Waals surface area contributed by atoms with Gasteiger partial charge in [0.05, 0.1) is 0 Å². The quantitative estimate of drug-likeness (QED) is 0.592. The SMILES string of the molecule is C=C/C(C)=C(\C=C/C)CN. The molecule has 0 aliphatic carbocycles. The van der Waals surface area contributed by atoms with E-state index in [0.29, 0.717) is 6.54 Å². The lowest BCUT2D eigenvalue weighted by Gasteiger charge is -1.99. The second-order valence-corrected chi connectivity index (χ2v) is 2.12. The standard InChI is InChI=1S/C9H15N/c1-4-6-9(7-10)8(3)5-2/h4-6H,2,7,10H2,1,3H3/b6-4-,9-8+. The number of allylic oxidation sites excluding steroid dienone is 3. The van der Waals surface area contributed by atoms with E-state index in [0.717, 1.165) is 11.1 Å². The molecule has 0 saturated carbocycles. The molecule has 1 heteroatoms. The number of hydrogen-bond acceptors (Lipinski definition) is 1. The van der Waals surface area contributed by atoms with Crippen molar-refractivity contribution in [1.82, 2.24) is 0 Å². The molecule has 0 heterocycles. The summed E-state index contributed by atoms with van der Waals surface area (Å²) >= 11 is 0. The molecule has 2 N–H and O–H groups in total. The zero-order valence-electron chi connectivity index (χ0n) is 6.72. The molecule has 0 saturated heterocycles. The Bertz CT molecular complexity index is 164. The Balaban J connectivity index is 4.44. The fraction of sp³-hybridized carbons (Fsp3) is 0.333. The normalized spacial score (nSPS) is 13.5. The van der Waals surface area contributed by atoms with Crippen LogP contribution in [0.15, 0.2) is 36.0 Å². The Morgan fingerprint density at radius 1 is 1.60 bits per heavy atom. The molecule has 0 unspecified atom stereocenters. The molecule has 0 aliphatic heterocycles. The van der Waals surface area contributed by atoms with Crippen molar-refractivity contribution in [3.8, 4) is 0 Å². The minimum absolute atomic E-state index is 0.586. The highest BCUT2D eigenvalue weighted by molar-refractivity contribution is 5.31. The highest BCUT2D eigenvalue weighted by atomic mass is 14.5. The second-order valence-electron chi connectivity index (χ2n) is 2.12. The van der Waals surface area contributed by atoms with Gasteiger partial charge in [0.15, 0.2) is 0 Å². The van der Waals surface area contributed by atoms with Crippen LogP contribution in [0.1, 0.15) is 13.8 Å².